The SMILES string of the molecule is CC(CN)C(=O)N1CCN(C(=O)Cc2ccccc2Cl)CC1.Cl. The van der Waals surface area contributed by atoms with E-state index in [4.69, 9.17) is 17.3 Å². The second kappa shape index (κ2) is 9.11. The molecule has 2 rings (SSSR count). The van der Waals surface area contributed by atoms with Crippen LogP contribution >= 0.6 is 24.0 Å². The zero-order valence-electron chi connectivity index (χ0n) is 13.2. The first-order valence-corrected chi connectivity index (χ1v) is 7.90. The summed E-state index contributed by atoms with van der Waals surface area (Å²) in [5.41, 5.74) is 6.37. The molecular formula is C16H23Cl2N3O2. The Hall–Kier alpha value is -1.30. The Kier molecular flexibility index (Phi) is 7.82. The lowest BCUT2D eigenvalue weighted by molar-refractivity contribution is -0.141. The van der Waals surface area contributed by atoms with Gasteiger partial charge < -0.3 is 15.5 Å². The molecule has 1 aromatic rings. The van der Waals surface area contributed by atoms with Crippen LogP contribution in [0, 0.1) is 5.92 Å². The number of halogens is 2. The molecule has 1 unspecified atom stereocenters. The molecule has 0 aromatic heterocycles. The van der Waals surface area contributed by atoms with Crippen molar-refractivity contribution in [3.05, 3.63) is 34.9 Å². The van der Waals surface area contributed by atoms with Gasteiger partial charge in [0.2, 0.25) is 11.8 Å². The van der Waals surface area contributed by atoms with Crippen LogP contribution < -0.4 is 5.73 Å². The Morgan fingerprint density at radius 1 is 1.17 bits per heavy atom. The first-order chi connectivity index (χ1) is 10.5. The first-order valence-electron chi connectivity index (χ1n) is 7.53. The van der Waals surface area contributed by atoms with E-state index in [1.54, 1.807) is 15.9 Å². The Morgan fingerprint density at radius 3 is 2.30 bits per heavy atom. The molecule has 1 fully saturated rings. The van der Waals surface area contributed by atoms with Gasteiger partial charge in [0.25, 0.3) is 0 Å². The van der Waals surface area contributed by atoms with E-state index in [0.29, 0.717) is 44.2 Å². The molecule has 7 heteroatoms. The van der Waals surface area contributed by atoms with Gasteiger partial charge in [-0.15, -0.1) is 12.4 Å². The maximum atomic E-state index is 12.3. The topological polar surface area (TPSA) is 66.6 Å². The van der Waals surface area contributed by atoms with E-state index in [2.05, 4.69) is 0 Å². The van der Waals surface area contributed by atoms with E-state index >= 15 is 0 Å². The highest BCUT2D eigenvalue weighted by Crippen LogP contribution is 2.17. The van der Waals surface area contributed by atoms with Gasteiger partial charge in [-0.3, -0.25) is 9.59 Å². The van der Waals surface area contributed by atoms with Crippen LogP contribution in [0.25, 0.3) is 0 Å². The van der Waals surface area contributed by atoms with Gasteiger partial charge in [-0.1, -0.05) is 36.7 Å². The minimum atomic E-state index is -0.162. The molecule has 0 spiro atoms. The Bertz CT molecular complexity index is 546. The van der Waals surface area contributed by atoms with E-state index in [-0.39, 0.29) is 30.1 Å². The molecule has 1 aliphatic heterocycles. The van der Waals surface area contributed by atoms with Gasteiger partial charge in [0, 0.05) is 43.7 Å². The Balaban J connectivity index is 0.00000264. The van der Waals surface area contributed by atoms with Crippen molar-refractivity contribution in [3.63, 3.8) is 0 Å². The normalized spacial score (nSPS) is 15.8. The number of rotatable bonds is 4. The van der Waals surface area contributed by atoms with Crippen LogP contribution in [0.4, 0.5) is 0 Å². The van der Waals surface area contributed by atoms with Crippen molar-refractivity contribution < 1.29 is 9.59 Å². The summed E-state index contributed by atoms with van der Waals surface area (Å²) in [4.78, 5) is 28.0. The Morgan fingerprint density at radius 2 is 1.74 bits per heavy atom. The van der Waals surface area contributed by atoms with Crippen molar-refractivity contribution in [2.75, 3.05) is 32.7 Å². The number of carbonyl (C=O) groups excluding carboxylic acids is 2. The number of nitrogens with zero attached hydrogens (tertiary/aromatic N) is 2. The van der Waals surface area contributed by atoms with Gasteiger partial charge in [0.1, 0.15) is 0 Å². The third-order valence-corrected chi connectivity index (χ3v) is 4.39. The van der Waals surface area contributed by atoms with Crippen molar-refractivity contribution in [2.24, 2.45) is 11.7 Å². The van der Waals surface area contributed by atoms with Crippen LogP contribution in [-0.4, -0.2) is 54.3 Å². The quantitative estimate of drug-likeness (QED) is 0.887. The minimum absolute atomic E-state index is 0. The molecular weight excluding hydrogens is 337 g/mol. The molecule has 5 nitrogen and oxygen atoms in total. The van der Waals surface area contributed by atoms with Gasteiger partial charge in [-0.05, 0) is 11.6 Å². The van der Waals surface area contributed by atoms with Crippen molar-refractivity contribution in [1.29, 1.82) is 0 Å². The molecule has 128 valence electrons. The maximum absolute atomic E-state index is 12.3. The van der Waals surface area contributed by atoms with E-state index in [1.807, 2.05) is 25.1 Å². The summed E-state index contributed by atoms with van der Waals surface area (Å²) in [5.74, 6) is -0.0434. The van der Waals surface area contributed by atoms with Crippen molar-refractivity contribution in [1.82, 2.24) is 9.80 Å². The third kappa shape index (κ3) is 5.09. The molecule has 0 radical (unpaired) electrons. The van der Waals surface area contributed by atoms with Crippen LogP contribution in [0.3, 0.4) is 0 Å². The second-order valence-corrected chi connectivity index (χ2v) is 6.02. The maximum Gasteiger partial charge on any atom is 0.227 e. The van der Waals surface area contributed by atoms with Crippen LogP contribution in [-0.2, 0) is 16.0 Å². The summed E-state index contributed by atoms with van der Waals surface area (Å²) in [6.45, 7) is 4.44. The van der Waals surface area contributed by atoms with E-state index in [9.17, 15) is 9.59 Å². The molecule has 1 aliphatic rings. The van der Waals surface area contributed by atoms with Gasteiger partial charge >= 0.3 is 0 Å². The molecule has 0 bridgehead atoms. The first kappa shape index (κ1) is 19.7. The Labute approximate surface area is 148 Å². The van der Waals surface area contributed by atoms with Gasteiger partial charge in [-0.25, -0.2) is 0 Å². The zero-order chi connectivity index (χ0) is 16.1. The number of piperazine rings is 1. The molecule has 2 N–H and O–H groups in total. The van der Waals surface area contributed by atoms with E-state index in [1.165, 1.54) is 0 Å². The van der Waals surface area contributed by atoms with Crippen molar-refractivity contribution in [3.8, 4) is 0 Å². The fourth-order valence-electron chi connectivity index (χ4n) is 2.51. The fourth-order valence-corrected chi connectivity index (χ4v) is 2.71. The fraction of sp³-hybridized carbons (Fsp3) is 0.500. The number of hydrogen-bond donors (Lipinski definition) is 1. The van der Waals surface area contributed by atoms with Crippen molar-refractivity contribution in [2.45, 2.75) is 13.3 Å². The van der Waals surface area contributed by atoms with Gasteiger partial charge in [0.15, 0.2) is 0 Å². The van der Waals surface area contributed by atoms with Gasteiger partial charge in [-0.2, -0.15) is 0 Å². The molecule has 0 aliphatic carbocycles. The average Bonchev–Trinajstić information content (AvgIpc) is 2.55. The highest BCUT2D eigenvalue weighted by molar-refractivity contribution is 6.31. The lowest BCUT2D eigenvalue weighted by Crippen LogP contribution is -2.52. The lowest BCUT2D eigenvalue weighted by Gasteiger charge is -2.36. The number of hydrogen-bond acceptors (Lipinski definition) is 3. The van der Waals surface area contributed by atoms with E-state index in [0.717, 1.165) is 5.56 Å². The van der Waals surface area contributed by atoms with Crippen LogP contribution in [0.15, 0.2) is 24.3 Å². The minimum Gasteiger partial charge on any atom is -0.339 e. The monoisotopic (exact) mass is 359 g/mol. The largest absolute Gasteiger partial charge is 0.339 e. The van der Waals surface area contributed by atoms with Crippen molar-refractivity contribution >= 4 is 35.8 Å². The third-order valence-electron chi connectivity index (χ3n) is 4.02. The summed E-state index contributed by atoms with van der Waals surface area (Å²) in [6.07, 6.45) is 0.298. The number of benzene rings is 1. The summed E-state index contributed by atoms with van der Waals surface area (Å²) in [7, 11) is 0. The lowest BCUT2D eigenvalue weighted by atomic mass is 10.1. The molecule has 1 saturated heterocycles. The molecule has 0 saturated carbocycles. The molecule has 1 aromatic carbocycles. The zero-order valence-corrected chi connectivity index (χ0v) is 14.8. The van der Waals surface area contributed by atoms with Crippen LogP contribution in [0.2, 0.25) is 5.02 Å². The number of carbonyl (C=O) groups is 2. The summed E-state index contributed by atoms with van der Waals surface area (Å²) >= 11 is 6.09. The standard InChI is InChI=1S/C16H22ClN3O2.ClH/c1-12(11-18)16(22)20-8-6-19(7-9-20)15(21)10-13-4-2-3-5-14(13)17;/h2-5,12H,6-11,18H2,1H3;1H. The van der Waals surface area contributed by atoms with Crippen LogP contribution in [0.5, 0.6) is 0 Å². The second-order valence-electron chi connectivity index (χ2n) is 5.61. The summed E-state index contributed by atoms with van der Waals surface area (Å²) in [5, 5.41) is 0.612. The van der Waals surface area contributed by atoms with Gasteiger partial charge in [0.05, 0.1) is 6.42 Å². The molecule has 1 atom stereocenters. The highest BCUT2D eigenvalue weighted by Gasteiger charge is 2.26. The summed E-state index contributed by atoms with van der Waals surface area (Å²) < 4.78 is 0. The molecule has 1 heterocycles. The van der Waals surface area contributed by atoms with E-state index < -0.39 is 0 Å². The highest BCUT2D eigenvalue weighted by atomic mass is 35.5. The smallest absolute Gasteiger partial charge is 0.227 e. The summed E-state index contributed by atoms with van der Waals surface area (Å²) in [6, 6.07) is 7.37. The molecule has 2 amide bonds. The number of nitrogens with two attached hydrogens (primary N) is 1. The molecule has 23 heavy (non-hydrogen) atoms. The predicted octanol–water partition coefficient (Wildman–Crippen LogP) is 1.57. The number of amides is 2. The van der Waals surface area contributed by atoms with Crippen LogP contribution in [0.1, 0.15) is 12.5 Å². The average molecular weight is 360 g/mol. The predicted molar refractivity (Wildman–Crippen MR) is 93.8 cm³/mol.